The van der Waals surface area contributed by atoms with E-state index in [0.717, 1.165) is 21.2 Å². The summed E-state index contributed by atoms with van der Waals surface area (Å²) in [5, 5.41) is 0. The molecule has 6 nitrogen and oxygen atoms in total. The minimum atomic E-state index is -4.21. The van der Waals surface area contributed by atoms with Crippen molar-refractivity contribution in [3.05, 3.63) is 165 Å². The molecule has 0 unspecified atom stereocenters. The molecule has 5 aromatic carbocycles. The molecule has 1 spiro atoms. The number of sulfonamides is 1. The number of hydrogen-bond donors (Lipinski definition) is 0. The maximum Gasteiger partial charge on any atom is 0.266 e. The third-order valence-electron chi connectivity index (χ3n) is 8.65. The second kappa shape index (κ2) is 11.4. The number of benzene rings is 5. The average Bonchev–Trinajstić information content (AvgIpc) is 3.53. The summed E-state index contributed by atoms with van der Waals surface area (Å²) in [4.78, 5) is 17.0. The highest BCUT2D eigenvalue weighted by Gasteiger charge is 2.67. The number of aryl methyl sites for hydroxylation is 2. The summed E-state index contributed by atoms with van der Waals surface area (Å²) in [6, 6.07) is 38.2. The highest BCUT2D eigenvalue weighted by Crippen LogP contribution is 2.61. The summed E-state index contributed by atoms with van der Waals surface area (Å²) in [6.07, 6.45) is -1.08. The Morgan fingerprint density at radius 1 is 0.733 bits per heavy atom. The molecule has 0 aromatic heterocycles. The van der Waals surface area contributed by atoms with E-state index in [1.54, 1.807) is 29.2 Å². The molecule has 1 saturated heterocycles. The van der Waals surface area contributed by atoms with Crippen molar-refractivity contribution < 1.29 is 17.9 Å². The van der Waals surface area contributed by atoms with Gasteiger partial charge in [0, 0.05) is 10.0 Å². The number of carbonyl (C=O) groups excluding carboxylic acids is 1. The number of rotatable bonds is 6. The van der Waals surface area contributed by atoms with Crippen LogP contribution in [0.1, 0.15) is 45.7 Å². The van der Waals surface area contributed by atoms with Crippen LogP contribution in [-0.4, -0.2) is 18.6 Å². The Morgan fingerprint density at radius 2 is 1.31 bits per heavy atom. The number of fused-ring (bicyclic) bond motifs is 2. The quantitative estimate of drug-likeness (QED) is 0.183. The number of para-hydroxylation sites is 1. The lowest BCUT2D eigenvalue weighted by molar-refractivity contribution is -0.144. The van der Waals surface area contributed by atoms with Gasteiger partial charge in [0.15, 0.2) is 11.8 Å². The Morgan fingerprint density at radius 3 is 1.98 bits per heavy atom. The van der Waals surface area contributed by atoms with E-state index in [1.807, 2.05) is 117 Å². The summed E-state index contributed by atoms with van der Waals surface area (Å²) in [5.41, 5.74) is 3.89. The summed E-state index contributed by atoms with van der Waals surface area (Å²) in [7, 11) is -4.21. The number of hydrogen-bond acceptors (Lipinski definition) is 4. The smallest absolute Gasteiger partial charge is 0.266 e. The normalized spacial score (nSPS) is 21.4. The SMILES string of the molecule is Cc1ccc([C@@H]2O[C@@]3(C(=O)N(Cc4ccccc4)c4ccccc43)[C@H](c3ccc(Br)cc3)N2S(=O)(=O)c2ccc(C)cc2)cc1. The van der Waals surface area contributed by atoms with Gasteiger partial charge in [-0.2, -0.15) is 4.31 Å². The summed E-state index contributed by atoms with van der Waals surface area (Å²) in [5.74, 6) is -0.306. The monoisotopic (exact) mass is 678 g/mol. The second-order valence-electron chi connectivity index (χ2n) is 11.6. The van der Waals surface area contributed by atoms with E-state index in [2.05, 4.69) is 15.9 Å². The summed E-state index contributed by atoms with van der Waals surface area (Å²) in [6.45, 7) is 4.21. The first-order valence-corrected chi connectivity index (χ1v) is 17.0. The van der Waals surface area contributed by atoms with E-state index in [1.165, 1.54) is 4.31 Å². The van der Waals surface area contributed by atoms with Crippen LogP contribution in [0.15, 0.2) is 137 Å². The van der Waals surface area contributed by atoms with Gasteiger partial charge in [-0.1, -0.05) is 124 Å². The van der Waals surface area contributed by atoms with Gasteiger partial charge in [0.05, 0.1) is 23.2 Å². The van der Waals surface area contributed by atoms with Crippen molar-refractivity contribution in [3.8, 4) is 0 Å². The number of ether oxygens (including phenoxy) is 1. The van der Waals surface area contributed by atoms with Crippen LogP contribution in [-0.2, 0) is 31.7 Å². The molecule has 2 aliphatic rings. The Labute approximate surface area is 272 Å². The standard InChI is InChI=1S/C37H31BrN2O4S/c1-25-12-16-29(17-13-25)35-40(45(42,43)31-22-14-26(2)15-23-31)34(28-18-20-30(38)21-19-28)37(44-35)32-10-6-7-11-33(32)39(36(37)41)24-27-8-4-3-5-9-27/h3-23,34-35H,24H2,1-2H3/t34-,35-,37+/m0/s1. The minimum Gasteiger partial charge on any atom is -0.335 e. The van der Waals surface area contributed by atoms with Crippen molar-refractivity contribution in [3.63, 3.8) is 0 Å². The first-order chi connectivity index (χ1) is 21.7. The number of amides is 1. The van der Waals surface area contributed by atoms with Crippen LogP contribution in [0.4, 0.5) is 5.69 Å². The van der Waals surface area contributed by atoms with Gasteiger partial charge in [-0.05, 0) is 60.9 Å². The van der Waals surface area contributed by atoms with Gasteiger partial charge in [-0.25, -0.2) is 8.42 Å². The average molecular weight is 680 g/mol. The highest BCUT2D eigenvalue weighted by molar-refractivity contribution is 9.10. The first kappa shape index (κ1) is 29.6. The van der Waals surface area contributed by atoms with Gasteiger partial charge in [0.2, 0.25) is 10.0 Å². The molecule has 5 aromatic rings. The van der Waals surface area contributed by atoms with E-state index in [9.17, 15) is 8.42 Å². The Hall–Kier alpha value is -4.08. The highest BCUT2D eigenvalue weighted by atomic mass is 79.9. The van der Waals surface area contributed by atoms with Gasteiger partial charge in [-0.15, -0.1) is 0 Å². The lowest BCUT2D eigenvalue weighted by Gasteiger charge is -2.32. The fraction of sp³-hybridized carbons (Fsp3) is 0.162. The predicted octanol–water partition coefficient (Wildman–Crippen LogP) is 7.97. The molecule has 1 amide bonds. The van der Waals surface area contributed by atoms with E-state index in [-0.39, 0.29) is 10.8 Å². The number of halogens is 1. The predicted molar refractivity (Wildman–Crippen MR) is 178 cm³/mol. The molecular weight excluding hydrogens is 648 g/mol. The van der Waals surface area contributed by atoms with Crippen molar-refractivity contribution in [2.75, 3.05) is 4.90 Å². The van der Waals surface area contributed by atoms with E-state index < -0.39 is 27.9 Å². The molecule has 0 radical (unpaired) electrons. The molecule has 1 fully saturated rings. The zero-order valence-corrected chi connectivity index (χ0v) is 27.2. The molecule has 0 saturated carbocycles. The maximum absolute atomic E-state index is 15.1. The van der Waals surface area contributed by atoms with Crippen molar-refractivity contribution >= 4 is 37.5 Å². The van der Waals surface area contributed by atoms with E-state index in [0.29, 0.717) is 28.9 Å². The first-order valence-electron chi connectivity index (χ1n) is 14.8. The van der Waals surface area contributed by atoms with Crippen molar-refractivity contribution in [1.82, 2.24) is 4.31 Å². The Bertz CT molecular complexity index is 1980. The third kappa shape index (κ3) is 4.93. The molecule has 0 bridgehead atoms. The van der Waals surface area contributed by atoms with Crippen LogP contribution < -0.4 is 4.90 Å². The topological polar surface area (TPSA) is 66.9 Å². The molecule has 226 valence electrons. The minimum absolute atomic E-state index is 0.132. The van der Waals surface area contributed by atoms with Crippen LogP contribution in [0.25, 0.3) is 0 Å². The van der Waals surface area contributed by atoms with Gasteiger partial charge < -0.3 is 9.64 Å². The molecule has 3 atom stereocenters. The fourth-order valence-corrected chi connectivity index (χ4v) is 8.38. The summed E-state index contributed by atoms with van der Waals surface area (Å²) < 4.78 is 39.1. The van der Waals surface area contributed by atoms with Crippen LogP contribution in [0, 0.1) is 13.8 Å². The fourth-order valence-electron chi connectivity index (χ4n) is 6.43. The number of carbonyl (C=O) groups is 1. The molecule has 7 rings (SSSR count). The molecule has 0 aliphatic carbocycles. The van der Waals surface area contributed by atoms with E-state index >= 15 is 4.79 Å². The van der Waals surface area contributed by atoms with E-state index in [4.69, 9.17) is 4.74 Å². The molecule has 45 heavy (non-hydrogen) atoms. The molecule has 2 heterocycles. The van der Waals surface area contributed by atoms with Crippen LogP contribution in [0.2, 0.25) is 0 Å². The van der Waals surface area contributed by atoms with Crippen LogP contribution >= 0.6 is 15.9 Å². The van der Waals surface area contributed by atoms with Crippen LogP contribution in [0.5, 0.6) is 0 Å². The second-order valence-corrected chi connectivity index (χ2v) is 14.4. The molecule has 0 N–H and O–H groups in total. The van der Waals surface area contributed by atoms with Crippen molar-refractivity contribution in [1.29, 1.82) is 0 Å². The van der Waals surface area contributed by atoms with Crippen LogP contribution in [0.3, 0.4) is 0 Å². The lowest BCUT2D eigenvalue weighted by Crippen LogP contribution is -2.46. The lowest BCUT2D eigenvalue weighted by atomic mass is 9.84. The Balaban J connectivity index is 1.50. The maximum atomic E-state index is 15.1. The van der Waals surface area contributed by atoms with Gasteiger partial charge in [0.25, 0.3) is 5.91 Å². The third-order valence-corrected chi connectivity index (χ3v) is 11.0. The van der Waals surface area contributed by atoms with Gasteiger partial charge in [-0.3, -0.25) is 4.79 Å². The molecular formula is C37H31BrN2O4S. The number of anilines is 1. The largest absolute Gasteiger partial charge is 0.335 e. The zero-order chi connectivity index (χ0) is 31.3. The van der Waals surface area contributed by atoms with Gasteiger partial charge >= 0.3 is 0 Å². The van der Waals surface area contributed by atoms with Crippen molar-refractivity contribution in [2.45, 2.75) is 43.2 Å². The molecule has 2 aliphatic heterocycles. The zero-order valence-electron chi connectivity index (χ0n) is 24.8. The molecule has 8 heteroatoms. The van der Waals surface area contributed by atoms with Crippen molar-refractivity contribution in [2.24, 2.45) is 0 Å². The van der Waals surface area contributed by atoms with Gasteiger partial charge in [0.1, 0.15) is 0 Å². The summed E-state index contributed by atoms with van der Waals surface area (Å²) >= 11 is 3.53. The number of nitrogens with zero attached hydrogens (tertiary/aromatic N) is 2. The Kier molecular flexibility index (Phi) is 7.49.